The van der Waals surface area contributed by atoms with E-state index in [2.05, 4.69) is 10.2 Å². The summed E-state index contributed by atoms with van der Waals surface area (Å²) >= 11 is 5.15. The van der Waals surface area contributed by atoms with Gasteiger partial charge in [0.1, 0.15) is 17.4 Å². The van der Waals surface area contributed by atoms with E-state index in [-0.39, 0.29) is 11.7 Å². The lowest BCUT2D eigenvalue weighted by atomic mass is 10.2. The molecule has 0 unspecified atom stereocenters. The maximum absolute atomic E-state index is 13.9. The summed E-state index contributed by atoms with van der Waals surface area (Å²) in [5.74, 6) is 1.02. The smallest absolute Gasteiger partial charge is 0.199 e. The van der Waals surface area contributed by atoms with Crippen molar-refractivity contribution in [2.45, 2.75) is 19.8 Å². The Kier molecular flexibility index (Phi) is 3.47. The SMILES string of the molecule is COc1ccc(F)c(-n2c(C(C)C)n[nH]c2=S)c1. The molecular weight excluding hydrogens is 253 g/mol. The van der Waals surface area contributed by atoms with Crippen LogP contribution in [-0.2, 0) is 0 Å². The highest BCUT2D eigenvalue weighted by Crippen LogP contribution is 2.24. The van der Waals surface area contributed by atoms with Crippen LogP contribution in [0.15, 0.2) is 18.2 Å². The zero-order chi connectivity index (χ0) is 13.3. The fourth-order valence-electron chi connectivity index (χ4n) is 1.72. The Morgan fingerprint density at radius 2 is 2.17 bits per heavy atom. The van der Waals surface area contributed by atoms with Gasteiger partial charge in [0.25, 0.3) is 0 Å². The fourth-order valence-corrected chi connectivity index (χ4v) is 1.96. The van der Waals surface area contributed by atoms with Gasteiger partial charge in [0.15, 0.2) is 4.77 Å². The molecule has 0 aliphatic heterocycles. The minimum absolute atomic E-state index is 0.128. The third kappa shape index (κ3) is 2.15. The van der Waals surface area contributed by atoms with Crippen molar-refractivity contribution in [3.8, 4) is 11.4 Å². The number of aromatic nitrogens is 3. The van der Waals surface area contributed by atoms with Gasteiger partial charge < -0.3 is 4.74 Å². The Hall–Kier alpha value is -1.69. The van der Waals surface area contributed by atoms with Crippen LogP contribution in [0.5, 0.6) is 5.75 Å². The second-order valence-corrected chi connectivity index (χ2v) is 4.58. The largest absolute Gasteiger partial charge is 0.497 e. The van der Waals surface area contributed by atoms with Crippen LogP contribution in [0.2, 0.25) is 0 Å². The van der Waals surface area contributed by atoms with Crippen LogP contribution in [-0.4, -0.2) is 21.9 Å². The van der Waals surface area contributed by atoms with Crippen molar-refractivity contribution in [2.75, 3.05) is 7.11 Å². The van der Waals surface area contributed by atoms with E-state index >= 15 is 0 Å². The maximum atomic E-state index is 13.9. The number of benzene rings is 1. The Labute approximate surface area is 109 Å². The van der Waals surface area contributed by atoms with Gasteiger partial charge in [0.2, 0.25) is 0 Å². The van der Waals surface area contributed by atoms with Gasteiger partial charge in [-0.05, 0) is 24.4 Å². The van der Waals surface area contributed by atoms with Crippen LogP contribution < -0.4 is 4.74 Å². The highest BCUT2D eigenvalue weighted by atomic mass is 32.1. The van der Waals surface area contributed by atoms with Crippen molar-refractivity contribution in [1.82, 2.24) is 14.8 Å². The Balaban J connectivity index is 2.68. The van der Waals surface area contributed by atoms with Crippen LogP contribution in [0.25, 0.3) is 5.69 Å². The number of H-pyrrole nitrogens is 1. The highest BCUT2D eigenvalue weighted by molar-refractivity contribution is 7.71. The van der Waals surface area contributed by atoms with Gasteiger partial charge in [0, 0.05) is 12.0 Å². The molecule has 1 N–H and O–H groups in total. The average molecular weight is 267 g/mol. The number of halogens is 1. The molecule has 2 rings (SSSR count). The number of ether oxygens (including phenoxy) is 1. The van der Waals surface area contributed by atoms with Gasteiger partial charge in [0.05, 0.1) is 12.8 Å². The van der Waals surface area contributed by atoms with Crippen LogP contribution >= 0.6 is 12.2 Å². The summed E-state index contributed by atoms with van der Waals surface area (Å²) < 4.78 is 21.0. The Morgan fingerprint density at radius 3 is 2.78 bits per heavy atom. The molecule has 4 nitrogen and oxygen atoms in total. The lowest BCUT2D eigenvalue weighted by molar-refractivity contribution is 0.413. The zero-order valence-electron chi connectivity index (χ0n) is 10.4. The maximum Gasteiger partial charge on any atom is 0.199 e. The molecule has 0 saturated heterocycles. The topological polar surface area (TPSA) is 42.8 Å². The van der Waals surface area contributed by atoms with E-state index in [1.165, 1.54) is 13.2 Å². The molecule has 1 aromatic carbocycles. The lowest BCUT2D eigenvalue weighted by Gasteiger charge is -2.11. The van der Waals surface area contributed by atoms with Crippen LogP contribution in [0.1, 0.15) is 25.6 Å². The molecule has 6 heteroatoms. The van der Waals surface area contributed by atoms with Gasteiger partial charge in [-0.1, -0.05) is 13.8 Å². The summed E-state index contributed by atoms with van der Waals surface area (Å²) in [7, 11) is 1.54. The van der Waals surface area contributed by atoms with Gasteiger partial charge in [-0.2, -0.15) is 5.10 Å². The third-order valence-electron chi connectivity index (χ3n) is 2.61. The number of hydrogen-bond donors (Lipinski definition) is 1. The molecule has 1 heterocycles. The molecule has 0 spiro atoms. The zero-order valence-corrected chi connectivity index (χ0v) is 11.2. The molecule has 0 fully saturated rings. The normalized spacial score (nSPS) is 10.9. The molecule has 96 valence electrons. The number of nitrogens with one attached hydrogen (secondary N) is 1. The predicted octanol–water partition coefficient (Wildman–Crippen LogP) is 3.20. The van der Waals surface area contributed by atoms with Crippen LogP contribution in [0, 0.1) is 10.6 Å². The van der Waals surface area contributed by atoms with E-state index in [0.717, 1.165) is 0 Å². The molecular formula is C12H14FN3OS. The van der Waals surface area contributed by atoms with Crippen molar-refractivity contribution in [1.29, 1.82) is 0 Å². The molecule has 0 bridgehead atoms. The van der Waals surface area contributed by atoms with Crippen molar-refractivity contribution >= 4 is 12.2 Å². The predicted molar refractivity (Wildman–Crippen MR) is 69.3 cm³/mol. The number of methoxy groups -OCH3 is 1. The van der Waals surface area contributed by atoms with Gasteiger partial charge >= 0.3 is 0 Å². The van der Waals surface area contributed by atoms with E-state index < -0.39 is 0 Å². The minimum atomic E-state index is -0.366. The van der Waals surface area contributed by atoms with E-state index in [9.17, 15) is 4.39 Å². The molecule has 0 amide bonds. The van der Waals surface area contributed by atoms with E-state index in [1.54, 1.807) is 16.7 Å². The summed E-state index contributed by atoms with van der Waals surface area (Å²) in [5.41, 5.74) is 0.344. The summed E-state index contributed by atoms with van der Waals surface area (Å²) in [6, 6.07) is 4.52. The van der Waals surface area contributed by atoms with Crippen molar-refractivity contribution in [3.63, 3.8) is 0 Å². The summed E-state index contributed by atoms with van der Waals surface area (Å²) in [4.78, 5) is 0. The van der Waals surface area contributed by atoms with Crippen molar-refractivity contribution in [3.05, 3.63) is 34.6 Å². The second kappa shape index (κ2) is 4.89. The number of nitrogens with zero attached hydrogens (tertiary/aromatic N) is 2. The first kappa shape index (κ1) is 12.8. The first-order chi connectivity index (χ1) is 8.54. The standard InChI is InChI=1S/C12H14FN3OS/c1-7(2)11-14-15-12(18)16(11)10-6-8(17-3)4-5-9(10)13/h4-7H,1-3H3,(H,15,18). The second-order valence-electron chi connectivity index (χ2n) is 4.19. The van der Waals surface area contributed by atoms with Crippen LogP contribution in [0.3, 0.4) is 0 Å². The molecule has 1 aromatic heterocycles. The molecule has 0 saturated carbocycles. The Morgan fingerprint density at radius 1 is 1.44 bits per heavy atom. The van der Waals surface area contributed by atoms with Crippen LogP contribution in [0.4, 0.5) is 4.39 Å². The van der Waals surface area contributed by atoms with Crippen molar-refractivity contribution < 1.29 is 9.13 Å². The van der Waals surface area contributed by atoms with Gasteiger partial charge in [-0.25, -0.2) is 4.39 Å². The van der Waals surface area contributed by atoms with E-state index in [1.807, 2.05) is 13.8 Å². The minimum Gasteiger partial charge on any atom is -0.497 e. The van der Waals surface area contributed by atoms with E-state index in [4.69, 9.17) is 17.0 Å². The fraction of sp³-hybridized carbons (Fsp3) is 0.333. The third-order valence-corrected chi connectivity index (χ3v) is 2.88. The van der Waals surface area contributed by atoms with Gasteiger partial charge in [-0.3, -0.25) is 9.67 Å². The summed E-state index contributed by atoms with van der Waals surface area (Å²) in [6.07, 6.45) is 0. The first-order valence-corrected chi connectivity index (χ1v) is 5.96. The number of rotatable bonds is 3. The van der Waals surface area contributed by atoms with Gasteiger partial charge in [-0.15, -0.1) is 0 Å². The van der Waals surface area contributed by atoms with E-state index in [0.29, 0.717) is 22.0 Å². The quantitative estimate of drug-likeness (QED) is 0.868. The molecule has 18 heavy (non-hydrogen) atoms. The number of aromatic amines is 1. The monoisotopic (exact) mass is 267 g/mol. The average Bonchev–Trinajstić information content (AvgIpc) is 2.72. The molecule has 2 aromatic rings. The molecule has 0 radical (unpaired) electrons. The number of hydrogen-bond acceptors (Lipinski definition) is 3. The lowest BCUT2D eigenvalue weighted by Crippen LogP contribution is -2.05. The van der Waals surface area contributed by atoms with Crippen molar-refractivity contribution in [2.24, 2.45) is 0 Å². The molecule has 0 aliphatic carbocycles. The first-order valence-electron chi connectivity index (χ1n) is 5.55. The molecule has 0 atom stereocenters. The molecule has 0 aliphatic rings. The Bertz CT molecular complexity index is 618. The summed E-state index contributed by atoms with van der Waals surface area (Å²) in [6.45, 7) is 3.94. The summed E-state index contributed by atoms with van der Waals surface area (Å²) in [5, 5.41) is 6.82. The highest BCUT2D eigenvalue weighted by Gasteiger charge is 2.15.